The average Bonchev–Trinajstić information content (AvgIpc) is 2.33. The molecule has 1 heteroatoms. The monoisotopic (exact) mass is 242 g/mol. The Morgan fingerprint density at radius 2 is 2.00 bits per heavy atom. The van der Waals surface area contributed by atoms with Crippen LogP contribution in [0, 0.1) is 17.3 Å². The number of ketones is 1. The molecule has 96 valence electrons. The summed E-state index contributed by atoms with van der Waals surface area (Å²) in [6, 6.07) is 10.4. The summed E-state index contributed by atoms with van der Waals surface area (Å²) in [7, 11) is 0. The smallest absolute Gasteiger partial charge is 0.133 e. The fourth-order valence-corrected chi connectivity index (χ4v) is 3.04. The number of allylic oxidation sites excluding steroid dienone is 1. The molecule has 0 aliphatic heterocycles. The van der Waals surface area contributed by atoms with Crippen LogP contribution in [0.4, 0.5) is 0 Å². The van der Waals surface area contributed by atoms with Gasteiger partial charge < -0.3 is 0 Å². The van der Waals surface area contributed by atoms with E-state index in [1.165, 1.54) is 5.56 Å². The SMILES string of the molecule is CC(=O)C1CC(C/C=C\c2ccccc2)C1(C)C. The van der Waals surface area contributed by atoms with Gasteiger partial charge in [-0.3, -0.25) is 4.79 Å². The molecule has 0 saturated heterocycles. The van der Waals surface area contributed by atoms with Crippen LogP contribution in [0.1, 0.15) is 39.2 Å². The molecule has 1 aliphatic carbocycles. The van der Waals surface area contributed by atoms with Gasteiger partial charge in [0.2, 0.25) is 0 Å². The summed E-state index contributed by atoms with van der Waals surface area (Å²) >= 11 is 0. The van der Waals surface area contributed by atoms with Crippen LogP contribution in [0.2, 0.25) is 0 Å². The first-order valence-electron chi connectivity index (χ1n) is 6.74. The van der Waals surface area contributed by atoms with Gasteiger partial charge in [-0.1, -0.05) is 56.3 Å². The number of hydrogen-bond donors (Lipinski definition) is 0. The lowest BCUT2D eigenvalue weighted by Crippen LogP contribution is -2.47. The molecule has 0 aromatic heterocycles. The third kappa shape index (κ3) is 2.55. The van der Waals surface area contributed by atoms with Crippen molar-refractivity contribution in [1.29, 1.82) is 0 Å². The second-order valence-electron chi connectivity index (χ2n) is 5.97. The van der Waals surface area contributed by atoms with E-state index in [1.54, 1.807) is 6.92 Å². The number of carbonyl (C=O) groups excluding carboxylic acids is 1. The van der Waals surface area contributed by atoms with E-state index in [-0.39, 0.29) is 11.3 Å². The maximum atomic E-state index is 11.5. The van der Waals surface area contributed by atoms with Gasteiger partial charge in [0.1, 0.15) is 5.78 Å². The molecule has 1 aromatic carbocycles. The zero-order chi connectivity index (χ0) is 13.2. The van der Waals surface area contributed by atoms with Crippen molar-refractivity contribution in [2.45, 2.75) is 33.6 Å². The first-order chi connectivity index (χ1) is 8.51. The molecule has 2 unspecified atom stereocenters. The summed E-state index contributed by atoms with van der Waals surface area (Å²) in [4.78, 5) is 11.5. The highest BCUT2D eigenvalue weighted by Crippen LogP contribution is 2.53. The van der Waals surface area contributed by atoms with E-state index in [9.17, 15) is 4.79 Å². The molecular formula is C17H22O. The molecule has 0 spiro atoms. The molecule has 1 saturated carbocycles. The van der Waals surface area contributed by atoms with Crippen molar-refractivity contribution in [3.8, 4) is 0 Å². The Balaban J connectivity index is 1.90. The van der Waals surface area contributed by atoms with Crippen LogP contribution in [0.25, 0.3) is 6.08 Å². The Hall–Kier alpha value is -1.37. The normalized spacial score (nSPS) is 25.9. The Labute approximate surface area is 110 Å². The van der Waals surface area contributed by atoms with E-state index >= 15 is 0 Å². The van der Waals surface area contributed by atoms with Gasteiger partial charge in [0.25, 0.3) is 0 Å². The van der Waals surface area contributed by atoms with Crippen molar-refractivity contribution in [2.75, 3.05) is 0 Å². The van der Waals surface area contributed by atoms with Crippen molar-refractivity contribution in [2.24, 2.45) is 17.3 Å². The minimum atomic E-state index is 0.173. The summed E-state index contributed by atoms with van der Waals surface area (Å²) < 4.78 is 0. The number of benzene rings is 1. The number of hydrogen-bond acceptors (Lipinski definition) is 1. The van der Waals surface area contributed by atoms with Crippen LogP contribution >= 0.6 is 0 Å². The van der Waals surface area contributed by atoms with Gasteiger partial charge in [0.15, 0.2) is 0 Å². The zero-order valence-corrected chi connectivity index (χ0v) is 11.5. The minimum absolute atomic E-state index is 0.173. The highest BCUT2D eigenvalue weighted by atomic mass is 16.1. The van der Waals surface area contributed by atoms with E-state index in [0.29, 0.717) is 11.7 Å². The molecule has 0 amide bonds. The van der Waals surface area contributed by atoms with E-state index < -0.39 is 0 Å². The lowest BCUT2D eigenvalue weighted by Gasteiger charge is -2.51. The van der Waals surface area contributed by atoms with Crippen LogP contribution in [-0.2, 0) is 4.79 Å². The average molecular weight is 242 g/mol. The molecule has 0 bridgehead atoms. The predicted octanol–water partition coefficient (Wildman–Crippen LogP) is 4.34. The summed E-state index contributed by atoms with van der Waals surface area (Å²) in [5.41, 5.74) is 1.42. The third-order valence-corrected chi connectivity index (χ3v) is 4.49. The van der Waals surface area contributed by atoms with Crippen molar-refractivity contribution in [3.63, 3.8) is 0 Å². The van der Waals surface area contributed by atoms with Crippen molar-refractivity contribution in [3.05, 3.63) is 42.0 Å². The van der Waals surface area contributed by atoms with Crippen LogP contribution in [-0.4, -0.2) is 5.78 Å². The molecule has 0 heterocycles. The summed E-state index contributed by atoms with van der Waals surface area (Å²) in [5, 5.41) is 0. The van der Waals surface area contributed by atoms with Crippen LogP contribution in [0.15, 0.2) is 36.4 Å². The van der Waals surface area contributed by atoms with Crippen molar-refractivity contribution >= 4 is 11.9 Å². The molecule has 18 heavy (non-hydrogen) atoms. The Morgan fingerprint density at radius 1 is 1.33 bits per heavy atom. The lowest BCUT2D eigenvalue weighted by molar-refractivity contribution is -0.135. The minimum Gasteiger partial charge on any atom is -0.300 e. The first kappa shape index (κ1) is 13.1. The Kier molecular flexibility index (Phi) is 3.70. The third-order valence-electron chi connectivity index (χ3n) is 4.49. The Bertz CT molecular complexity index is 442. The summed E-state index contributed by atoms with van der Waals surface area (Å²) in [6.45, 7) is 6.18. The molecule has 0 N–H and O–H groups in total. The highest BCUT2D eigenvalue weighted by molar-refractivity contribution is 5.80. The standard InChI is InChI=1S/C17H22O/c1-13(18)16-12-15(17(16,2)3)11-7-10-14-8-5-4-6-9-14/h4-10,15-16H,11-12H2,1-3H3/b10-7-. The van der Waals surface area contributed by atoms with Gasteiger partial charge in [-0.15, -0.1) is 0 Å². The Morgan fingerprint density at radius 3 is 2.56 bits per heavy atom. The predicted molar refractivity (Wildman–Crippen MR) is 76.2 cm³/mol. The lowest BCUT2D eigenvalue weighted by atomic mass is 9.53. The first-order valence-corrected chi connectivity index (χ1v) is 6.74. The second kappa shape index (κ2) is 5.09. The summed E-state index contributed by atoms with van der Waals surface area (Å²) in [6.07, 6.45) is 6.56. The van der Waals surface area contributed by atoms with E-state index in [1.807, 2.05) is 6.07 Å². The molecule has 2 atom stereocenters. The van der Waals surface area contributed by atoms with E-state index in [2.05, 4.69) is 50.3 Å². The quantitative estimate of drug-likeness (QED) is 0.767. The zero-order valence-electron chi connectivity index (χ0n) is 11.5. The van der Waals surface area contributed by atoms with Gasteiger partial charge in [0.05, 0.1) is 0 Å². The molecule has 1 aromatic rings. The van der Waals surface area contributed by atoms with Gasteiger partial charge in [-0.05, 0) is 36.7 Å². The van der Waals surface area contributed by atoms with E-state index in [0.717, 1.165) is 12.8 Å². The van der Waals surface area contributed by atoms with Crippen LogP contribution in [0.3, 0.4) is 0 Å². The molecule has 1 fully saturated rings. The van der Waals surface area contributed by atoms with Gasteiger partial charge >= 0.3 is 0 Å². The maximum absolute atomic E-state index is 11.5. The molecule has 1 nitrogen and oxygen atoms in total. The molecule has 2 rings (SSSR count). The largest absolute Gasteiger partial charge is 0.300 e. The van der Waals surface area contributed by atoms with Crippen LogP contribution in [0.5, 0.6) is 0 Å². The maximum Gasteiger partial charge on any atom is 0.133 e. The van der Waals surface area contributed by atoms with Gasteiger partial charge in [-0.25, -0.2) is 0 Å². The van der Waals surface area contributed by atoms with Crippen molar-refractivity contribution < 1.29 is 4.79 Å². The van der Waals surface area contributed by atoms with Crippen LogP contribution < -0.4 is 0 Å². The number of carbonyl (C=O) groups is 1. The second-order valence-corrected chi connectivity index (χ2v) is 5.97. The van der Waals surface area contributed by atoms with Crippen molar-refractivity contribution in [1.82, 2.24) is 0 Å². The van der Waals surface area contributed by atoms with Gasteiger partial charge in [0, 0.05) is 5.92 Å². The molecule has 0 radical (unpaired) electrons. The summed E-state index contributed by atoms with van der Waals surface area (Å²) in [5.74, 6) is 1.27. The fraction of sp³-hybridized carbons (Fsp3) is 0.471. The fourth-order valence-electron chi connectivity index (χ4n) is 3.04. The number of rotatable bonds is 4. The van der Waals surface area contributed by atoms with Gasteiger partial charge in [-0.2, -0.15) is 0 Å². The number of Topliss-reactive ketones (excluding diaryl/α,β-unsaturated/α-hetero) is 1. The topological polar surface area (TPSA) is 17.1 Å². The molecule has 1 aliphatic rings. The highest BCUT2D eigenvalue weighted by Gasteiger charge is 2.49. The van der Waals surface area contributed by atoms with E-state index in [4.69, 9.17) is 0 Å². The molecular weight excluding hydrogens is 220 g/mol.